The van der Waals surface area contributed by atoms with Crippen LogP contribution in [-0.2, 0) is 21.8 Å². The third kappa shape index (κ3) is 5.44. The van der Waals surface area contributed by atoms with Gasteiger partial charge in [-0.2, -0.15) is 0 Å². The van der Waals surface area contributed by atoms with Crippen LogP contribution in [0.3, 0.4) is 0 Å². The van der Waals surface area contributed by atoms with Crippen molar-refractivity contribution in [3.05, 3.63) is 65.5 Å². The quantitative estimate of drug-likeness (QED) is 0.351. The Hall–Kier alpha value is -1.68. The lowest BCUT2D eigenvalue weighted by atomic mass is 9.95. The van der Waals surface area contributed by atoms with Crippen LogP contribution in [0, 0.1) is 5.82 Å². The first-order valence-corrected chi connectivity index (χ1v) is 10.7. The zero-order valence-corrected chi connectivity index (χ0v) is 19.1. The largest absolute Gasteiger partial charge is 0.356 e. The summed E-state index contributed by atoms with van der Waals surface area (Å²) in [6.07, 6.45) is 3.09. The van der Waals surface area contributed by atoms with Gasteiger partial charge in [0.1, 0.15) is 5.82 Å². The molecule has 0 saturated heterocycles. The van der Waals surface area contributed by atoms with Crippen molar-refractivity contribution in [1.29, 1.82) is 0 Å². The minimum absolute atomic E-state index is 0. The molecule has 0 atom stereocenters. The first kappa shape index (κ1) is 22.6. The highest BCUT2D eigenvalue weighted by Gasteiger charge is 2.45. The second-order valence-electron chi connectivity index (χ2n) is 6.96. The van der Waals surface area contributed by atoms with Crippen molar-refractivity contribution in [1.82, 2.24) is 10.6 Å². The molecule has 8 heteroatoms. The van der Waals surface area contributed by atoms with E-state index in [2.05, 4.69) is 15.6 Å². The number of halogens is 2. The summed E-state index contributed by atoms with van der Waals surface area (Å²) in [4.78, 5) is 4.51. The van der Waals surface area contributed by atoms with E-state index in [9.17, 15) is 12.8 Å². The van der Waals surface area contributed by atoms with Gasteiger partial charge in [0.05, 0.1) is 4.90 Å². The summed E-state index contributed by atoms with van der Waals surface area (Å²) < 4.78 is 37.1. The van der Waals surface area contributed by atoms with Crippen LogP contribution in [0.4, 0.5) is 4.39 Å². The van der Waals surface area contributed by atoms with Gasteiger partial charge in [-0.05, 0) is 42.2 Å². The molecule has 0 aliphatic heterocycles. The number of sulfone groups is 1. The Labute approximate surface area is 182 Å². The zero-order valence-electron chi connectivity index (χ0n) is 15.9. The standard InChI is InChI=1S/C20H24FN3O2S.HI/c1-22-19(23-13-15-7-9-16(10-8-15)27(2,25)26)24-14-20(11-12-20)17-5-3-4-6-18(17)21;/h3-10H,11-14H2,1-2H3,(H2,22,23,24);1H. The van der Waals surface area contributed by atoms with Crippen LogP contribution in [0.5, 0.6) is 0 Å². The molecule has 152 valence electrons. The molecule has 1 aliphatic rings. The minimum atomic E-state index is -3.19. The fraction of sp³-hybridized carbons (Fsp3) is 0.350. The third-order valence-corrected chi connectivity index (χ3v) is 6.06. The highest BCUT2D eigenvalue weighted by atomic mass is 127. The molecule has 0 spiro atoms. The molecule has 1 aliphatic carbocycles. The van der Waals surface area contributed by atoms with E-state index < -0.39 is 9.84 Å². The summed E-state index contributed by atoms with van der Waals surface area (Å²) in [5, 5.41) is 6.49. The minimum Gasteiger partial charge on any atom is -0.356 e. The number of guanidine groups is 1. The molecule has 2 N–H and O–H groups in total. The van der Waals surface area contributed by atoms with Crippen molar-refractivity contribution < 1.29 is 12.8 Å². The summed E-state index contributed by atoms with van der Waals surface area (Å²) in [6.45, 7) is 1.12. The lowest BCUT2D eigenvalue weighted by Gasteiger charge is -2.19. The monoisotopic (exact) mass is 517 g/mol. The Morgan fingerprint density at radius 1 is 1.11 bits per heavy atom. The average Bonchev–Trinajstić information content (AvgIpc) is 3.43. The van der Waals surface area contributed by atoms with Crippen molar-refractivity contribution in [3.8, 4) is 0 Å². The van der Waals surface area contributed by atoms with Crippen LogP contribution in [0.2, 0.25) is 0 Å². The Balaban J connectivity index is 0.00000280. The van der Waals surface area contributed by atoms with E-state index in [-0.39, 0.29) is 35.2 Å². The summed E-state index contributed by atoms with van der Waals surface area (Å²) >= 11 is 0. The van der Waals surface area contributed by atoms with Gasteiger partial charge in [-0.25, -0.2) is 12.8 Å². The van der Waals surface area contributed by atoms with Crippen molar-refractivity contribution in [2.24, 2.45) is 4.99 Å². The summed E-state index contributed by atoms with van der Waals surface area (Å²) in [7, 11) is -1.51. The Morgan fingerprint density at radius 2 is 1.75 bits per heavy atom. The fourth-order valence-electron chi connectivity index (χ4n) is 3.10. The number of aliphatic imine (C=N–C) groups is 1. The predicted molar refractivity (Wildman–Crippen MR) is 120 cm³/mol. The van der Waals surface area contributed by atoms with E-state index in [4.69, 9.17) is 0 Å². The van der Waals surface area contributed by atoms with Crippen LogP contribution in [0.1, 0.15) is 24.0 Å². The maximum atomic E-state index is 14.1. The van der Waals surface area contributed by atoms with Crippen molar-refractivity contribution in [2.45, 2.75) is 29.7 Å². The second-order valence-corrected chi connectivity index (χ2v) is 8.97. The first-order valence-electron chi connectivity index (χ1n) is 8.83. The Kier molecular flexibility index (Phi) is 7.44. The molecule has 1 fully saturated rings. The molecule has 0 amide bonds. The molecule has 2 aromatic carbocycles. The highest BCUT2D eigenvalue weighted by molar-refractivity contribution is 14.0. The van der Waals surface area contributed by atoms with Gasteiger partial charge in [0.2, 0.25) is 0 Å². The third-order valence-electron chi connectivity index (χ3n) is 4.93. The molecule has 5 nitrogen and oxygen atoms in total. The number of benzene rings is 2. The van der Waals surface area contributed by atoms with E-state index >= 15 is 0 Å². The Morgan fingerprint density at radius 3 is 2.29 bits per heavy atom. The van der Waals surface area contributed by atoms with Crippen molar-refractivity contribution >= 4 is 39.8 Å². The van der Waals surface area contributed by atoms with E-state index in [0.717, 1.165) is 24.0 Å². The number of hydrogen-bond donors (Lipinski definition) is 2. The van der Waals surface area contributed by atoms with Crippen molar-refractivity contribution in [3.63, 3.8) is 0 Å². The molecular weight excluding hydrogens is 492 g/mol. The fourth-order valence-corrected chi connectivity index (χ4v) is 3.73. The molecule has 0 unspecified atom stereocenters. The molecule has 28 heavy (non-hydrogen) atoms. The molecule has 0 aromatic heterocycles. The van der Waals surface area contributed by atoms with E-state index in [1.807, 2.05) is 12.1 Å². The Bertz CT molecular complexity index is 942. The van der Waals surface area contributed by atoms with Gasteiger partial charge < -0.3 is 10.6 Å². The van der Waals surface area contributed by atoms with Gasteiger partial charge in [-0.15, -0.1) is 24.0 Å². The maximum absolute atomic E-state index is 14.1. The second kappa shape index (κ2) is 9.21. The van der Waals surface area contributed by atoms with Crippen LogP contribution in [0.15, 0.2) is 58.4 Å². The maximum Gasteiger partial charge on any atom is 0.191 e. The van der Waals surface area contributed by atoms with Crippen molar-refractivity contribution in [2.75, 3.05) is 19.8 Å². The summed E-state index contributed by atoms with van der Waals surface area (Å²) in [6, 6.07) is 13.7. The highest BCUT2D eigenvalue weighted by Crippen LogP contribution is 2.48. The van der Waals surface area contributed by atoms with Gasteiger partial charge >= 0.3 is 0 Å². The number of hydrogen-bond acceptors (Lipinski definition) is 3. The smallest absolute Gasteiger partial charge is 0.191 e. The van der Waals surface area contributed by atoms with E-state index in [1.165, 1.54) is 12.3 Å². The SMILES string of the molecule is CN=C(NCc1ccc(S(C)(=O)=O)cc1)NCC1(c2ccccc2F)CC1.I. The summed E-state index contributed by atoms with van der Waals surface area (Å²) in [5.41, 5.74) is 1.53. The topological polar surface area (TPSA) is 70.6 Å². The van der Waals surface area contributed by atoms with Gasteiger partial charge in [-0.1, -0.05) is 30.3 Å². The van der Waals surface area contributed by atoms with Crippen LogP contribution in [-0.4, -0.2) is 34.2 Å². The number of nitrogens with zero attached hydrogens (tertiary/aromatic N) is 1. The van der Waals surface area contributed by atoms with Crippen LogP contribution < -0.4 is 10.6 Å². The van der Waals surface area contributed by atoms with E-state index in [0.29, 0.717) is 23.9 Å². The van der Waals surface area contributed by atoms with Gasteiger partial charge in [0.25, 0.3) is 0 Å². The molecule has 0 bridgehead atoms. The van der Waals surface area contributed by atoms with Crippen LogP contribution in [0.25, 0.3) is 0 Å². The molecule has 0 radical (unpaired) electrons. The zero-order chi connectivity index (χ0) is 19.5. The molecule has 0 heterocycles. The van der Waals surface area contributed by atoms with E-state index in [1.54, 1.807) is 37.4 Å². The number of rotatable bonds is 6. The van der Waals surface area contributed by atoms with Gasteiger partial charge in [-0.3, -0.25) is 4.99 Å². The predicted octanol–water partition coefficient (Wildman–Crippen LogP) is 3.24. The normalized spacial score (nSPS) is 15.5. The first-order chi connectivity index (χ1) is 12.8. The molecule has 3 rings (SSSR count). The van der Waals surface area contributed by atoms with Gasteiger partial charge in [0, 0.05) is 31.8 Å². The molecular formula is C20H25FIN3O2S. The lowest BCUT2D eigenvalue weighted by Crippen LogP contribution is -2.41. The van der Waals surface area contributed by atoms with Crippen LogP contribution >= 0.6 is 24.0 Å². The molecule has 2 aromatic rings. The number of nitrogens with one attached hydrogen (secondary N) is 2. The summed E-state index contributed by atoms with van der Waals surface area (Å²) in [5.74, 6) is 0.468. The van der Waals surface area contributed by atoms with Gasteiger partial charge in [0.15, 0.2) is 15.8 Å². The molecule has 1 saturated carbocycles. The lowest BCUT2D eigenvalue weighted by molar-refractivity contribution is 0.559. The average molecular weight is 517 g/mol.